The molecule has 0 fully saturated rings. The van der Waals surface area contributed by atoms with E-state index < -0.39 is 10.9 Å². The summed E-state index contributed by atoms with van der Waals surface area (Å²) in [5, 5.41) is 20.8. The predicted octanol–water partition coefficient (Wildman–Crippen LogP) is 1.54. The lowest BCUT2D eigenvalue weighted by atomic mass is 10.0. The SMILES string of the molecule is COC(=O)c1cnc(/C(C#N)=C(\N)c2cc(OC)c(OC)c([N+](=O)[O-])c2)cn1. The Labute approximate surface area is 159 Å². The van der Waals surface area contributed by atoms with Crippen molar-refractivity contribution in [1.82, 2.24) is 9.97 Å². The number of ether oxygens (including phenoxy) is 3. The Morgan fingerprint density at radius 1 is 1.18 bits per heavy atom. The molecule has 2 N–H and O–H groups in total. The summed E-state index contributed by atoms with van der Waals surface area (Å²) >= 11 is 0. The van der Waals surface area contributed by atoms with E-state index in [0.29, 0.717) is 0 Å². The molecule has 2 rings (SSSR count). The van der Waals surface area contributed by atoms with E-state index in [2.05, 4.69) is 14.7 Å². The standard InChI is InChI=1S/C17H15N5O6/c1-26-14-5-9(4-13(22(24)25)16(14)27-2)15(19)10(6-18)11-7-21-12(8-20-11)17(23)28-3/h4-5,7-8H,19H2,1-3H3/b15-10-. The summed E-state index contributed by atoms with van der Waals surface area (Å²) in [6, 6.07) is 4.44. The number of nitro benzene ring substituents is 1. The molecule has 0 saturated carbocycles. The number of benzene rings is 1. The Kier molecular flexibility index (Phi) is 6.07. The van der Waals surface area contributed by atoms with Gasteiger partial charge >= 0.3 is 11.7 Å². The largest absolute Gasteiger partial charge is 0.493 e. The van der Waals surface area contributed by atoms with Gasteiger partial charge in [-0.3, -0.25) is 15.1 Å². The van der Waals surface area contributed by atoms with Crippen molar-refractivity contribution in [2.24, 2.45) is 5.73 Å². The fraction of sp³-hybridized carbons (Fsp3) is 0.176. The van der Waals surface area contributed by atoms with Crippen molar-refractivity contribution < 1.29 is 23.9 Å². The topological polar surface area (TPSA) is 163 Å². The Morgan fingerprint density at radius 3 is 2.29 bits per heavy atom. The highest BCUT2D eigenvalue weighted by molar-refractivity contribution is 5.96. The molecule has 2 aromatic rings. The third-order valence-corrected chi connectivity index (χ3v) is 3.65. The van der Waals surface area contributed by atoms with Crippen molar-refractivity contribution in [3.8, 4) is 17.6 Å². The van der Waals surface area contributed by atoms with Gasteiger partial charge in [-0.15, -0.1) is 0 Å². The summed E-state index contributed by atoms with van der Waals surface area (Å²) < 4.78 is 14.7. The molecule has 0 atom stereocenters. The number of esters is 1. The molecule has 0 aliphatic rings. The summed E-state index contributed by atoms with van der Waals surface area (Å²) in [5.74, 6) is -0.700. The van der Waals surface area contributed by atoms with Crippen LogP contribution in [0.5, 0.6) is 11.5 Å². The van der Waals surface area contributed by atoms with Crippen molar-refractivity contribution in [2.45, 2.75) is 0 Å². The lowest BCUT2D eigenvalue weighted by Gasteiger charge is -2.11. The number of carbonyl (C=O) groups is 1. The lowest BCUT2D eigenvalue weighted by molar-refractivity contribution is -0.385. The van der Waals surface area contributed by atoms with Crippen molar-refractivity contribution in [3.05, 3.63) is 51.6 Å². The Morgan fingerprint density at radius 2 is 1.82 bits per heavy atom. The molecule has 11 heteroatoms. The van der Waals surface area contributed by atoms with E-state index in [4.69, 9.17) is 15.2 Å². The van der Waals surface area contributed by atoms with E-state index in [-0.39, 0.29) is 45.4 Å². The summed E-state index contributed by atoms with van der Waals surface area (Å²) in [5.41, 5.74) is 5.68. The molecule has 1 aromatic heterocycles. The predicted molar refractivity (Wildman–Crippen MR) is 96.2 cm³/mol. The van der Waals surface area contributed by atoms with Crippen LogP contribution >= 0.6 is 0 Å². The van der Waals surface area contributed by atoms with Crippen LogP contribution in [0.4, 0.5) is 5.69 Å². The molecule has 0 unspecified atom stereocenters. The van der Waals surface area contributed by atoms with Crippen LogP contribution in [0.2, 0.25) is 0 Å². The van der Waals surface area contributed by atoms with Crippen LogP contribution in [0.3, 0.4) is 0 Å². The van der Waals surface area contributed by atoms with E-state index in [1.54, 1.807) is 0 Å². The van der Waals surface area contributed by atoms with Gasteiger partial charge in [-0.05, 0) is 6.07 Å². The highest BCUT2D eigenvalue weighted by Gasteiger charge is 2.23. The minimum Gasteiger partial charge on any atom is -0.493 e. The van der Waals surface area contributed by atoms with Crippen molar-refractivity contribution >= 4 is 22.9 Å². The maximum absolute atomic E-state index is 11.4. The van der Waals surface area contributed by atoms with E-state index in [9.17, 15) is 20.2 Å². The van der Waals surface area contributed by atoms with Gasteiger partial charge in [0.05, 0.1) is 44.3 Å². The van der Waals surface area contributed by atoms with Gasteiger partial charge < -0.3 is 19.9 Å². The summed E-state index contributed by atoms with van der Waals surface area (Å²) in [7, 11) is 3.77. The first-order chi connectivity index (χ1) is 13.4. The second kappa shape index (κ2) is 8.45. The number of methoxy groups -OCH3 is 3. The first-order valence-corrected chi connectivity index (χ1v) is 7.59. The second-order valence-electron chi connectivity index (χ2n) is 5.17. The highest BCUT2D eigenvalue weighted by Crippen LogP contribution is 2.39. The van der Waals surface area contributed by atoms with Crippen LogP contribution < -0.4 is 15.2 Å². The molecule has 1 heterocycles. The van der Waals surface area contributed by atoms with E-state index >= 15 is 0 Å². The summed E-state index contributed by atoms with van der Waals surface area (Å²) in [4.78, 5) is 30.0. The van der Waals surface area contributed by atoms with Crippen LogP contribution in [-0.4, -0.2) is 42.2 Å². The van der Waals surface area contributed by atoms with E-state index in [1.165, 1.54) is 33.6 Å². The quantitative estimate of drug-likeness (QED) is 0.334. The van der Waals surface area contributed by atoms with Crippen LogP contribution in [0, 0.1) is 21.4 Å². The molecule has 0 spiro atoms. The fourth-order valence-electron chi connectivity index (χ4n) is 2.30. The van der Waals surface area contributed by atoms with Crippen LogP contribution in [0.15, 0.2) is 24.5 Å². The molecule has 0 aliphatic carbocycles. The smallest absolute Gasteiger partial charge is 0.358 e. The molecule has 0 radical (unpaired) electrons. The van der Waals surface area contributed by atoms with Gasteiger partial charge in [0, 0.05) is 11.6 Å². The zero-order valence-electron chi connectivity index (χ0n) is 15.1. The fourth-order valence-corrected chi connectivity index (χ4v) is 2.30. The highest BCUT2D eigenvalue weighted by atomic mass is 16.6. The summed E-state index contributed by atoms with van der Waals surface area (Å²) in [6.07, 6.45) is 2.30. The number of aromatic nitrogens is 2. The number of rotatable bonds is 6. The van der Waals surface area contributed by atoms with Crippen LogP contribution in [-0.2, 0) is 4.74 Å². The Hall–Kier alpha value is -4.20. The molecule has 28 heavy (non-hydrogen) atoms. The minimum atomic E-state index is -0.690. The van der Waals surface area contributed by atoms with Crippen LogP contribution in [0.25, 0.3) is 11.3 Å². The van der Waals surface area contributed by atoms with Gasteiger partial charge in [0.15, 0.2) is 11.4 Å². The van der Waals surface area contributed by atoms with Crippen molar-refractivity contribution in [2.75, 3.05) is 21.3 Å². The van der Waals surface area contributed by atoms with Crippen molar-refractivity contribution in [3.63, 3.8) is 0 Å². The number of nitrogens with two attached hydrogens (primary N) is 1. The number of carbonyl (C=O) groups excluding carboxylic acids is 1. The van der Waals surface area contributed by atoms with Gasteiger partial charge in [0.1, 0.15) is 17.3 Å². The number of nitriles is 1. The third-order valence-electron chi connectivity index (χ3n) is 3.65. The molecule has 0 bridgehead atoms. The molecule has 0 saturated heterocycles. The molecular weight excluding hydrogens is 370 g/mol. The zero-order chi connectivity index (χ0) is 20.8. The number of nitro groups is 1. The van der Waals surface area contributed by atoms with Gasteiger partial charge in [-0.2, -0.15) is 5.26 Å². The molecule has 11 nitrogen and oxygen atoms in total. The van der Waals surface area contributed by atoms with Crippen molar-refractivity contribution in [1.29, 1.82) is 5.26 Å². The maximum Gasteiger partial charge on any atom is 0.358 e. The third kappa shape index (κ3) is 3.80. The van der Waals surface area contributed by atoms with Gasteiger partial charge in [0.25, 0.3) is 0 Å². The van der Waals surface area contributed by atoms with Crippen LogP contribution in [0.1, 0.15) is 21.7 Å². The summed E-state index contributed by atoms with van der Waals surface area (Å²) in [6.45, 7) is 0. The molecule has 144 valence electrons. The first kappa shape index (κ1) is 20.1. The maximum atomic E-state index is 11.4. The molecular formula is C17H15N5O6. The first-order valence-electron chi connectivity index (χ1n) is 7.59. The normalized spacial score (nSPS) is 11.1. The molecule has 0 aliphatic heterocycles. The van der Waals surface area contributed by atoms with E-state index in [0.717, 1.165) is 12.3 Å². The monoisotopic (exact) mass is 385 g/mol. The van der Waals surface area contributed by atoms with Gasteiger partial charge in [-0.1, -0.05) is 0 Å². The Bertz CT molecular complexity index is 994. The minimum absolute atomic E-state index is 0.0520. The molecule has 0 amide bonds. The average molecular weight is 385 g/mol. The van der Waals surface area contributed by atoms with Gasteiger partial charge in [-0.25, -0.2) is 9.78 Å². The second-order valence-corrected chi connectivity index (χ2v) is 5.17. The number of allylic oxidation sites excluding steroid dienone is 1. The number of nitrogens with zero attached hydrogens (tertiary/aromatic N) is 4. The van der Waals surface area contributed by atoms with E-state index in [1.807, 2.05) is 6.07 Å². The number of hydrogen-bond acceptors (Lipinski definition) is 10. The lowest BCUT2D eigenvalue weighted by Crippen LogP contribution is -2.07. The Balaban J connectivity index is 2.63. The number of hydrogen-bond donors (Lipinski definition) is 1. The molecule has 1 aromatic carbocycles. The average Bonchev–Trinajstić information content (AvgIpc) is 2.72. The zero-order valence-corrected chi connectivity index (χ0v) is 15.1. The van der Waals surface area contributed by atoms with Gasteiger partial charge in [0.2, 0.25) is 5.75 Å².